The van der Waals surface area contributed by atoms with E-state index < -0.39 is 0 Å². The van der Waals surface area contributed by atoms with E-state index in [2.05, 4.69) is 15.2 Å². The second kappa shape index (κ2) is 11.9. The number of ether oxygens (including phenoxy) is 2. The van der Waals surface area contributed by atoms with Crippen LogP contribution < -0.4 is 10.1 Å². The van der Waals surface area contributed by atoms with Gasteiger partial charge in [0.2, 0.25) is 0 Å². The predicted octanol–water partition coefficient (Wildman–Crippen LogP) is 2.76. The number of rotatable bonds is 6. The van der Waals surface area contributed by atoms with Gasteiger partial charge in [0.1, 0.15) is 0 Å². The highest BCUT2D eigenvalue weighted by Gasteiger charge is 2.27. The predicted molar refractivity (Wildman–Crippen MR) is 116 cm³/mol. The number of likely N-dealkylation sites (tertiary alicyclic amines) is 1. The molecule has 0 aliphatic carbocycles. The summed E-state index contributed by atoms with van der Waals surface area (Å²) in [7, 11) is 1.52. The second-order valence-corrected chi connectivity index (χ2v) is 6.19. The van der Waals surface area contributed by atoms with E-state index in [1.54, 1.807) is 12.1 Å². The molecule has 2 N–H and O–H groups in total. The number of halogens is 1. The van der Waals surface area contributed by atoms with E-state index in [1.807, 2.05) is 19.9 Å². The maximum atomic E-state index is 11.9. The molecule has 2 rings (SSSR count). The number of aliphatic imine (C=N–C) groups is 1. The van der Waals surface area contributed by atoms with Crippen LogP contribution >= 0.6 is 24.0 Å². The van der Waals surface area contributed by atoms with Gasteiger partial charge in [0.05, 0.1) is 26.2 Å². The lowest BCUT2D eigenvalue weighted by atomic mass is 9.97. The third-order valence-electron chi connectivity index (χ3n) is 4.40. The van der Waals surface area contributed by atoms with Crippen LogP contribution in [0.4, 0.5) is 0 Å². The molecule has 152 valence electrons. The molecule has 8 heteroatoms. The number of hydrogen-bond acceptors (Lipinski definition) is 5. The number of carbonyl (C=O) groups excluding carboxylic acids is 1. The standard InChI is InChI=1S/C19H29N3O4.HI/c1-4-20-19(21-13-14-6-7-17(25-3)16(23)12-14)22-10-8-15(9-11-22)18(24)26-5-2;/h6-7,12,15,23H,4-5,8-11,13H2,1-3H3,(H,20,21);1H. The number of hydrogen-bond donors (Lipinski definition) is 2. The van der Waals surface area contributed by atoms with Gasteiger partial charge in [0.15, 0.2) is 17.5 Å². The Bertz CT molecular complexity index is 631. The summed E-state index contributed by atoms with van der Waals surface area (Å²) in [6, 6.07) is 5.29. The highest BCUT2D eigenvalue weighted by atomic mass is 127. The summed E-state index contributed by atoms with van der Waals surface area (Å²) >= 11 is 0. The Hall–Kier alpha value is -1.71. The SMILES string of the molecule is CCNC(=NCc1ccc(OC)c(O)c1)N1CCC(C(=O)OCC)CC1.I. The zero-order chi connectivity index (χ0) is 18.9. The lowest BCUT2D eigenvalue weighted by Gasteiger charge is -2.33. The minimum absolute atomic E-state index is 0. The van der Waals surface area contributed by atoms with Crippen molar-refractivity contribution in [3.05, 3.63) is 23.8 Å². The van der Waals surface area contributed by atoms with Gasteiger partial charge in [0, 0.05) is 19.6 Å². The molecule has 0 unspecified atom stereocenters. The molecule has 7 nitrogen and oxygen atoms in total. The molecule has 0 atom stereocenters. The first-order valence-electron chi connectivity index (χ1n) is 9.14. The Morgan fingerprint density at radius 2 is 2.04 bits per heavy atom. The molecule has 0 aromatic heterocycles. The number of piperidine rings is 1. The number of benzene rings is 1. The fraction of sp³-hybridized carbons (Fsp3) is 0.579. The third kappa shape index (κ3) is 6.75. The van der Waals surface area contributed by atoms with Crippen molar-refractivity contribution in [3.8, 4) is 11.5 Å². The van der Waals surface area contributed by atoms with E-state index in [-0.39, 0.29) is 41.6 Å². The van der Waals surface area contributed by atoms with E-state index in [9.17, 15) is 9.90 Å². The molecule has 0 radical (unpaired) electrons. The van der Waals surface area contributed by atoms with Crippen molar-refractivity contribution in [2.24, 2.45) is 10.9 Å². The molecule has 1 saturated heterocycles. The van der Waals surface area contributed by atoms with Crippen molar-refractivity contribution in [2.75, 3.05) is 33.4 Å². The number of phenols is 1. The van der Waals surface area contributed by atoms with Gasteiger partial charge in [-0.05, 0) is 44.4 Å². The fourth-order valence-corrected chi connectivity index (χ4v) is 3.01. The van der Waals surface area contributed by atoms with Crippen LogP contribution in [-0.2, 0) is 16.1 Å². The summed E-state index contributed by atoms with van der Waals surface area (Å²) in [5, 5.41) is 13.2. The third-order valence-corrected chi connectivity index (χ3v) is 4.40. The van der Waals surface area contributed by atoms with Crippen molar-refractivity contribution < 1.29 is 19.4 Å². The van der Waals surface area contributed by atoms with Crippen LogP contribution in [0.1, 0.15) is 32.3 Å². The number of guanidine groups is 1. The van der Waals surface area contributed by atoms with Crippen molar-refractivity contribution >= 4 is 35.9 Å². The number of phenolic OH excluding ortho intramolecular Hbond substituents is 1. The normalized spacial score (nSPS) is 15.1. The first-order valence-corrected chi connectivity index (χ1v) is 9.14. The van der Waals surface area contributed by atoms with Crippen LogP contribution in [-0.4, -0.2) is 55.3 Å². The quantitative estimate of drug-likeness (QED) is 0.276. The fourth-order valence-electron chi connectivity index (χ4n) is 3.01. The van der Waals surface area contributed by atoms with Gasteiger partial charge < -0.3 is 24.8 Å². The lowest BCUT2D eigenvalue weighted by Crippen LogP contribution is -2.46. The molecule has 1 aromatic rings. The van der Waals surface area contributed by atoms with E-state index in [4.69, 9.17) is 9.47 Å². The minimum atomic E-state index is -0.0946. The van der Waals surface area contributed by atoms with Crippen LogP contribution in [0.25, 0.3) is 0 Å². The molecule has 27 heavy (non-hydrogen) atoms. The van der Waals surface area contributed by atoms with Crippen molar-refractivity contribution in [1.82, 2.24) is 10.2 Å². The first kappa shape index (κ1) is 23.3. The Labute approximate surface area is 178 Å². The Balaban J connectivity index is 0.00000364. The topological polar surface area (TPSA) is 83.4 Å². The summed E-state index contributed by atoms with van der Waals surface area (Å²) in [4.78, 5) is 18.7. The molecule has 1 aliphatic rings. The van der Waals surface area contributed by atoms with Gasteiger partial charge >= 0.3 is 5.97 Å². The van der Waals surface area contributed by atoms with Gasteiger partial charge in [-0.15, -0.1) is 24.0 Å². The molecule has 0 bridgehead atoms. The zero-order valence-corrected chi connectivity index (χ0v) is 18.6. The Morgan fingerprint density at radius 1 is 1.33 bits per heavy atom. The minimum Gasteiger partial charge on any atom is -0.504 e. The van der Waals surface area contributed by atoms with Gasteiger partial charge in [-0.1, -0.05) is 6.07 Å². The van der Waals surface area contributed by atoms with Gasteiger partial charge in [-0.3, -0.25) is 4.79 Å². The number of nitrogens with one attached hydrogen (secondary N) is 1. The molecule has 1 fully saturated rings. The van der Waals surface area contributed by atoms with Crippen molar-refractivity contribution in [1.29, 1.82) is 0 Å². The van der Waals surface area contributed by atoms with Crippen LogP contribution in [0.2, 0.25) is 0 Å². The number of esters is 1. The highest BCUT2D eigenvalue weighted by Crippen LogP contribution is 2.26. The maximum absolute atomic E-state index is 11.9. The lowest BCUT2D eigenvalue weighted by molar-refractivity contribution is -0.149. The molecule has 0 saturated carbocycles. The van der Waals surface area contributed by atoms with E-state index in [1.165, 1.54) is 7.11 Å². The number of nitrogens with zero attached hydrogens (tertiary/aromatic N) is 2. The van der Waals surface area contributed by atoms with Crippen molar-refractivity contribution in [2.45, 2.75) is 33.2 Å². The van der Waals surface area contributed by atoms with Crippen LogP contribution in [0.5, 0.6) is 11.5 Å². The van der Waals surface area contributed by atoms with Gasteiger partial charge in [-0.2, -0.15) is 0 Å². The number of methoxy groups -OCH3 is 1. The number of carbonyl (C=O) groups is 1. The Morgan fingerprint density at radius 3 is 2.59 bits per heavy atom. The summed E-state index contributed by atoms with van der Waals surface area (Å²) in [6.45, 7) is 7.05. The molecular weight excluding hydrogens is 461 g/mol. The zero-order valence-electron chi connectivity index (χ0n) is 16.2. The van der Waals surface area contributed by atoms with Crippen molar-refractivity contribution in [3.63, 3.8) is 0 Å². The molecule has 0 spiro atoms. The summed E-state index contributed by atoms with van der Waals surface area (Å²) in [5.41, 5.74) is 0.903. The first-order chi connectivity index (χ1) is 12.6. The number of aromatic hydroxyl groups is 1. The van der Waals surface area contributed by atoms with Gasteiger partial charge in [-0.25, -0.2) is 4.99 Å². The maximum Gasteiger partial charge on any atom is 0.309 e. The molecule has 1 aromatic carbocycles. The molecular formula is C19H30IN3O4. The average molecular weight is 491 g/mol. The summed E-state index contributed by atoms with van der Waals surface area (Å²) in [5.74, 6) is 1.27. The van der Waals surface area contributed by atoms with E-state index in [0.717, 1.165) is 44.0 Å². The average Bonchev–Trinajstić information content (AvgIpc) is 2.65. The van der Waals surface area contributed by atoms with Crippen LogP contribution in [0.15, 0.2) is 23.2 Å². The molecule has 1 aliphatic heterocycles. The monoisotopic (exact) mass is 491 g/mol. The second-order valence-electron chi connectivity index (χ2n) is 6.19. The summed E-state index contributed by atoms with van der Waals surface area (Å²) < 4.78 is 10.2. The largest absolute Gasteiger partial charge is 0.504 e. The van der Waals surface area contributed by atoms with Gasteiger partial charge in [0.25, 0.3) is 0 Å². The summed E-state index contributed by atoms with van der Waals surface area (Å²) in [6.07, 6.45) is 1.54. The molecule has 0 amide bonds. The van der Waals surface area contributed by atoms with Crippen LogP contribution in [0.3, 0.4) is 0 Å². The van der Waals surface area contributed by atoms with E-state index in [0.29, 0.717) is 18.9 Å². The highest BCUT2D eigenvalue weighted by molar-refractivity contribution is 14.0. The van der Waals surface area contributed by atoms with E-state index >= 15 is 0 Å². The molecule has 1 heterocycles. The Kier molecular flexibility index (Phi) is 10.3. The smallest absolute Gasteiger partial charge is 0.309 e. The van der Waals surface area contributed by atoms with Crippen LogP contribution in [0, 0.1) is 5.92 Å².